The second kappa shape index (κ2) is 15.8. The molecule has 0 rings (SSSR count). The Morgan fingerprint density at radius 2 is 1.50 bits per heavy atom. The van der Waals surface area contributed by atoms with E-state index in [2.05, 4.69) is 0 Å². The fourth-order valence-corrected chi connectivity index (χ4v) is 0. The van der Waals surface area contributed by atoms with Crippen molar-refractivity contribution in [1.82, 2.24) is 0 Å². The fourth-order valence-electron chi connectivity index (χ4n) is 0. The van der Waals surface area contributed by atoms with E-state index >= 15 is 0 Å². The van der Waals surface area contributed by atoms with Gasteiger partial charge in [0.1, 0.15) is 0 Å². The van der Waals surface area contributed by atoms with Crippen molar-refractivity contribution in [2.45, 2.75) is 26.4 Å². The lowest BCUT2D eigenvalue weighted by molar-refractivity contribution is 0.191. The van der Waals surface area contributed by atoms with Crippen molar-refractivity contribution in [2.75, 3.05) is 7.11 Å². The predicted octanol–water partition coefficient (Wildman–Crippen LogP) is -0.439. The summed E-state index contributed by atoms with van der Waals surface area (Å²) in [5.41, 5.74) is 0. The standard InChI is InChI=1S/C4H10O.CH4O.H2O/c1-3-4(2)5;1-2;/h4-5H,3H2,1-2H3;2H,1H3;1H2. The van der Waals surface area contributed by atoms with Gasteiger partial charge in [0, 0.05) is 7.11 Å². The average Bonchev–Trinajstić information content (AvgIpc) is 1.73. The Balaban J connectivity index is -0.0000000750. The van der Waals surface area contributed by atoms with Gasteiger partial charge in [0.05, 0.1) is 6.10 Å². The summed E-state index contributed by atoms with van der Waals surface area (Å²) in [4.78, 5) is 0. The molecule has 0 spiro atoms. The topological polar surface area (TPSA) is 72.0 Å². The summed E-state index contributed by atoms with van der Waals surface area (Å²) in [6.07, 6.45) is 0.745. The Hall–Kier alpha value is -0.120. The summed E-state index contributed by atoms with van der Waals surface area (Å²) in [6.45, 7) is 3.73. The molecular weight excluding hydrogens is 108 g/mol. The molecule has 0 aromatic heterocycles. The van der Waals surface area contributed by atoms with E-state index in [4.69, 9.17) is 10.2 Å². The second-order valence-corrected chi connectivity index (χ2v) is 1.26. The Kier molecular flexibility index (Phi) is 30.9. The number of hydrogen-bond acceptors (Lipinski definition) is 2. The van der Waals surface area contributed by atoms with Gasteiger partial charge in [-0.1, -0.05) is 6.92 Å². The Bertz CT molecular complexity index is 21.6. The zero-order valence-corrected chi connectivity index (χ0v) is 5.68. The molecule has 0 aliphatic carbocycles. The molecular formula is C5H16O3. The lowest BCUT2D eigenvalue weighted by Crippen LogP contribution is -1.93. The molecule has 54 valence electrons. The lowest BCUT2D eigenvalue weighted by atomic mass is 10.3. The highest BCUT2D eigenvalue weighted by molar-refractivity contribution is 4.34. The van der Waals surface area contributed by atoms with Gasteiger partial charge in [0.2, 0.25) is 0 Å². The maximum absolute atomic E-state index is 8.36. The minimum absolute atomic E-state index is 0. The van der Waals surface area contributed by atoms with E-state index in [1.165, 1.54) is 0 Å². The molecule has 0 saturated carbocycles. The third-order valence-corrected chi connectivity index (χ3v) is 0.591. The number of rotatable bonds is 1. The molecule has 8 heavy (non-hydrogen) atoms. The highest BCUT2D eigenvalue weighted by Crippen LogP contribution is 1.81. The molecule has 1 atom stereocenters. The van der Waals surface area contributed by atoms with E-state index in [1.54, 1.807) is 6.92 Å². The van der Waals surface area contributed by atoms with Crippen LogP contribution in [0, 0.1) is 0 Å². The van der Waals surface area contributed by atoms with Gasteiger partial charge in [-0.05, 0) is 13.3 Å². The average molecular weight is 124 g/mol. The summed E-state index contributed by atoms with van der Waals surface area (Å²) >= 11 is 0. The molecule has 0 amide bonds. The minimum Gasteiger partial charge on any atom is -0.412 e. The van der Waals surface area contributed by atoms with E-state index in [-0.39, 0.29) is 11.6 Å². The molecule has 3 nitrogen and oxygen atoms in total. The Morgan fingerprint density at radius 1 is 1.38 bits per heavy atom. The summed E-state index contributed by atoms with van der Waals surface area (Å²) < 4.78 is 0. The van der Waals surface area contributed by atoms with Crippen molar-refractivity contribution in [2.24, 2.45) is 0 Å². The monoisotopic (exact) mass is 124 g/mol. The third kappa shape index (κ3) is 39.6. The van der Waals surface area contributed by atoms with Crippen LogP contribution in [0.15, 0.2) is 0 Å². The van der Waals surface area contributed by atoms with E-state index in [1.807, 2.05) is 6.92 Å². The van der Waals surface area contributed by atoms with E-state index < -0.39 is 0 Å². The zero-order valence-electron chi connectivity index (χ0n) is 5.68. The number of aliphatic hydroxyl groups excluding tert-OH is 2. The molecule has 0 heterocycles. The quantitative estimate of drug-likeness (QED) is 0.497. The third-order valence-electron chi connectivity index (χ3n) is 0.591. The molecule has 0 fully saturated rings. The number of hydrogen-bond donors (Lipinski definition) is 2. The van der Waals surface area contributed by atoms with Crippen molar-refractivity contribution < 1.29 is 15.7 Å². The van der Waals surface area contributed by atoms with E-state index in [0.29, 0.717) is 0 Å². The normalized spacial score (nSPS) is 10.1. The summed E-state index contributed by atoms with van der Waals surface area (Å²) in [5.74, 6) is 0. The first-order valence-corrected chi connectivity index (χ1v) is 2.40. The molecule has 0 aromatic rings. The highest BCUT2D eigenvalue weighted by Gasteiger charge is 1.81. The van der Waals surface area contributed by atoms with Crippen molar-refractivity contribution >= 4 is 0 Å². The first kappa shape index (κ1) is 15.7. The Morgan fingerprint density at radius 3 is 1.50 bits per heavy atom. The van der Waals surface area contributed by atoms with Crippen LogP contribution in [-0.4, -0.2) is 28.9 Å². The second-order valence-electron chi connectivity index (χ2n) is 1.26. The smallest absolute Gasteiger partial charge is 0.0509 e. The molecule has 0 aliphatic rings. The van der Waals surface area contributed by atoms with Gasteiger partial charge in [-0.3, -0.25) is 0 Å². The first-order chi connectivity index (χ1) is 3.27. The molecule has 0 aromatic carbocycles. The van der Waals surface area contributed by atoms with Crippen LogP contribution in [0.25, 0.3) is 0 Å². The van der Waals surface area contributed by atoms with Gasteiger partial charge >= 0.3 is 0 Å². The molecule has 0 saturated heterocycles. The fraction of sp³-hybridized carbons (Fsp3) is 1.00. The maximum Gasteiger partial charge on any atom is 0.0509 e. The van der Waals surface area contributed by atoms with Crippen LogP contribution < -0.4 is 0 Å². The molecule has 1 unspecified atom stereocenters. The van der Waals surface area contributed by atoms with Crippen LogP contribution in [0.1, 0.15) is 20.3 Å². The predicted molar refractivity (Wildman–Crippen MR) is 33.7 cm³/mol. The minimum atomic E-state index is -0.116. The van der Waals surface area contributed by atoms with Crippen molar-refractivity contribution in [3.8, 4) is 0 Å². The van der Waals surface area contributed by atoms with Crippen molar-refractivity contribution in [3.63, 3.8) is 0 Å². The van der Waals surface area contributed by atoms with Gasteiger partial charge in [0.15, 0.2) is 0 Å². The summed E-state index contributed by atoms with van der Waals surface area (Å²) in [7, 11) is 1.00. The van der Waals surface area contributed by atoms with E-state index in [0.717, 1.165) is 13.5 Å². The van der Waals surface area contributed by atoms with Crippen LogP contribution in [0.3, 0.4) is 0 Å². The van der Waals surface area contributed by atoms with Gasteiger partial charge in [-0.2, -0.15) is 0 Å². The SMILES string of the molecule is CCC(C)O.CO.O. The van der Waals surface area contributed by atoms with Gasteiger partial charge < -0.3 is 15.7 Å². The lowest BCUT2D eigenvalue weighted by Gasteiger charge is -1.90. The maximum atomic E-state index is 8.36. The summed E-state index contributed by atoms with van der Waals surface area (Å²) in [6, 6.07) is 0. The van der Waals surface area contributed by atoms with Gasteiger partial charge in [-0.15, -0.1) is 0 Å². The van der Waals surface area contributed by atoms with Crippen LogP contribution in [-0.2, 0) is 0 Å². The zero-order chi connectivity index (χ0) is 6.28. The highest BCUT2D eigenvalue weighted by atomic mass is 16.3. The van der Waals surface area contributed by atoms with Crippen molar-refractivity contribution in [3.05, 3.63) is 0 Å². The van der Waals surface area contributed by atoms with Crippen LogP contribution in [0.4, 0.5) is 0 Å². The van der Waals surface area contributed by atoms with Crippen LogP contribution in [0.2, 0.25) is 0 Å². The largest absolute Gasteiger partial charge is 0.412 e. The number of aliphatic hydroxyl groups is 2. The molecule has 0 aliphatic heterocycles. The van der Waals surface area contributed by atoms with Crippen molar-refractivity contribution in [1.29, 1.82) is 0 Å². The molecule has 0 bridgehead atoms. The van der Waals surface area contributed by atoms with Gasteiger partial charge in [0.25, 0.3) is 0 Å². The first-order valence-electron chi connectivity index (χ1n) is 2.40. The molecule has 0 radical (unpaired) electrons. The van der Waals surface area contributed by atoms with Crippen LogP contribution in [0.5, 0.6) is 0 Å². The molecule has 4 N–H and O–H groups in total. The van der Waals surface area contributed by atoms with Crippen LogP contribution >= 0.6 is 0 Å². The molecule has 3 heteroatoms. The van der Waals surface area contributed by atoms with Gasteiger partial charge in [-0.25, -0.2) is 0 Å². The summed E-state index contributed by atoms with van der Waals surface area (Å²) in [5, 5.41) is 15.4. The Labute approximate surface area is 50.3 Å². The van der Waals surface area contributed by atoms with E-state index in [9.17, 15) is 0 Å².